The minimum atomic E-state index is 0. The van der Waals surface area contributed by atoms with Crippen molar-refractivity contribution in [1.29, 1.82) is 0 Å². The van der Waals surface area contributed by atoms with Crippen LogP contribution in [0.25, 0.3) is 6.08 Å². The van der Waals surface area contributed by atoms with Crippen LogP contribution in [0.1, 0.15) is 19.4 Å². The zero-order chi connectivity index (χ0) is 21.9. The number of nitrogens with zero attached hydrogens (tertiary/aromatic N) is 5. The molecule has 2 aliphatic rings. The maximum Gasteiger partial charge on any atom is 0.193 e. The molecule has 7 heteroatoms. The highest BCUT2D eigenvalue weighted by Gasteiger charge is 2.20. The smallest absolute Gasteiger partial charge is 0.193 e. The molecular weight excluding hydrogens is 511 g/mol. The van der Waals surface area contributed by atoms with Crippen molar-refractivity contribution < 1.29 is 0 Å². The molecule has 3 rings (SSSR count). The lowest BCUT2D eigenvalue weighted by atomic mass is 10.1. The van der Waals surface area contributed by atoms with Gasteiger partial charge in [0, 0.05) is 79.0 Å². The zero-order valence-electron chi connectivity index (χ0n) is 20.2. The van der Waals surface area contributed by atoms with E-state index < -0.39 is 0 Å². The molecule has 1 unspecified atom stereocenters. The minimum Gasteiger partial charge on any atom is -0.356 e. The van der Waals surface area contributed by atoms with Crippen LogP contribution in [-0.2, 0) is 0 Å². The third-order valence-corrected chi connectivity index (χ3v) is 6.45. The number of hydrogen-bond donors (Lipinski definition) is 1. The summed E-state index contributed by atoms with van der Waals surface area (Å²) in [5.41, 5.74) is 1.27. The van der Waals surface area contributed by atoms with E-state index in [1.807, 2.05) is 7.05 Å². The fraction of sp³-hybridized carbons (Fsp3) is 0.640. The standard InChI is InChI=1S/C25H42N6.HI/c1-4-28-13-15-30(16-14-28)22-23(2)21-27-25(26-3)31-19-17-29(18-20-31)12-8-11-24-9-6-5-7-10-24;/h5-11,23H,4,12-22H2,1-3H3,(H,26,27);1H/b11-8+;. The van der Waals surface area contributed by atoms with Gasteiger partial charge in [0.1, 0.15) is 0 Å². The predicted molar refractivity (Wildman–Crippen MR) is 148 cm³/mol. The largest absolute Gasteiger partial charge is 0.356 e. The van der Waals surface area contributed by atoms with E-state index in [1.54, 1.807) is 0 Å². The Hall–Kier alpha value is -1.16. The van der Waals surface area contributed by atoms with E-state index in [-0.39, 0.29) is 24.0 Å². The molecule has 1 atom stereocenters. The van der Waals surface area contributed by atoms with Gasteiger partial charge in [-0.1, -0.05) is 56.3 Å². The number of hydrogen-bond acceptors (Lipinski definition) is 4. The van der Waals surface area contributed by atoms with E-state index in [9.17, 15) is 0 Å². The van der Waals surface area contributed by atoms with E-state index in [2.05, 4.69) is 86.2 Å². The van der Waals surface area contributed by atoms with Crippen LogP contribution in [-0.4, -0.2) is 111 Å². The molecule has 2 heterocycles. The van der Waals surface area contributed by atoms with Crippen LogP contribution < -0.4 is 5.32 Å². The Kier molecular flexibility index (Phi) is 12.6. The first-order valence-electron chi connectivity index (χ1n) is 12.0. The van der Waals surface area contributed by atoms with Crippen molar-refractivity contribution in [2.75, 3.05) is 85.6 Å². The van der Waals surface area contributed by atoms with Gasteiger partial charge in [-0.05, 0) is 18.0 Å². The average molecular weight is 555 g/mol. The minimum absolute atomic E-state index is 0. The second kappa shape index (κ2) is 14.9. The Balaban J connectivity index is 0.00000363. The quantitative estimate of drug-likeness (QED) is 0.304. The summed E-state index contributed by atoms with van der Waals surface area (Å²) in [5.74, 6) is 1.68. The van der Waals surface area contributed by atoms with Crippen LogP contribution in [0.4, 0.5) is 0 Å². The number of rotatable bonds is 8. The topological polar surface area (TPSA) is 37.4 Å². The fourth-order valence-electron chi connectivity index (χ4n) is 4.44. The van der Waals surface area contributed by atoms with E-state index in [1.165, 1.54) is 44.8 Å². The number of guanidine groups is 1. The van der Waals surface area contributed by atoms with Crippen molar-refractivity contribution >= 4 is 36.0 Å². The Morgan fingerprint density at radius 1 is 0.969 bits per heavy atom. The summed E-state index contributed by atoms with van der Waals surface area (Å²) in [5, 5.41) is 3.63. The van der Waals surface area contributed by atoms with Crippen LogP contribution in [0, 0.1) is 5.92 Å². The van der Waals surface area contributed by atoms with Crippen LogP contribution in [0.15, 0.2) is 41.4 Å². The van der Waals surface area contributed by atoms with Gasteiger partial charge in [0.2, 0.25) is 0 Å². The number of likely N-dealkylation sites (N-methyl/N-ethyl adjacent to an activating group) is 1. The highest BCUT2D eigenvalue weighted by atomic mass is 127. The molecule has 6 nitrogen and oxygen atoms in total. The Labute approximate surface area is 212 Å². The first-order valence-corrected chi connectivity index (χ1v) is 12.0. The summed E-state index contributed by atoms with van der Waals surface area (Å²) in [6.07, 6.45) is 4.50. The maximum absolute atomic E-state index is 4.56. The monoisotopic (exact) mass is 554 g/mol. The van der Waals surface area contributed by atoms with Gasteiger partial charge in [0.05, 0.1) is 0 Å². The summed E-state index contributed by atoms with van der Waals surface area (Å²) in [4.78, 5) is 14.6. The molecule has 32 heavy (non-hydrogen) atoms. The fourth-order valence-corrected chi connectivity index (χ4v) is 4.44. The molecule has 2 saturated heterocycles. The summed E-state index contributed by atoms with van der Waals surface area (Å²) in [7, 11) is 1.91. The van der Waals surface area contributed by atoms with Gasteiger partial charge in [0.25, 0.3) is 0 Å². The van der Waals surface area contributed by atoms with Crippen molar-refractivity contribution in [3.8, 4) is 0 Å². The number of halogens is 1. The van der Waals surface area contributed by atoms with Gasteiger partial charge < -0.3 is 20.0 Å². The van der Waals surface area contributed by atoms with Crippen LogP contribution in [0.2, 0.25) is 0 Å². The van der Waals surface area contributed by atoms with Crippen molar-refractivity contribution in [2.45, 2.75) is 13.8 Å². The highest BCUT2D eigenvalue weighted by molar-refractivity contribution is 14.0. The molecular formula is C25H43IN6. The van der Waals surface area contributed by atoms with E-state index in [4.69, 9.17) is 0 Å². The second-order valence-electron chi connectivity index (χ2n) is 8.87. The third kappa shape index (κ3) is 9.00. The van der Waals surface area contributed by atoms with Crippen LogP contribution in [0.3, 0.4) is 0 Å². The number of piperazine rings is 2. The first kappa shape index (κ1) is 27.1. The molecule has 1 aromatic rings. The molecule has 0 aromatic heterocycles. The van der Waals surface area contributed by atoms with E-state index in [0.717, 1.165) is 45.2 Å². The van der Waals surface area contributed by atoms with Gasteiger partial charge in [-0.25, -0.2) is 0 Å². The van der Waals surface area contributed by atoms with Gasteiger partial charge in [0.15, 0.2) is 5.96 Å². The van der Waals surface area contributed by atoms with E-state index >= 15 is 0 Å². The summed E-state index contributed by atoms with van der Waals surface area (Å²) < 4.78 is 0. The Morgan fingerprint density at radius 2 is 1.59 bits per heavy atom. The van der Waals surface area contributed by atoms with Crippen molar-refractivity contribution in [3.63, 3.8) is 0 Å². The molecule has 1 aromatic carbocycles. The lowest BCUT2D eigenvalue weighted by Crippen LogP contribution is -2.53. The molecule has 1 N–H and O–H groups in total. The average Bonchev–Trinajstić information content (AvgIpc) is 2.81. The summed E-state index contributed by atoms with van der Waals surface area (Å²) in [6, 6.07) is 10.5. The molecule has 2 aliphatic heterocycles. The van der Waals surface area contributed by atoms with Crippen molar-refractivity contribution in [3.05, 3.63) is 42.0 Å². The molecule has 0 bridgehead atoms. The lowest BCUT2D eigenvalue weighted by Gasteiger charge is -2.37. The van der Waals surface area contributed by atoms with Crippen LogP contribution >= 0.6 is 24.0 Å². The van der Waals surface area contributed by atoms with Gasteiger partial charge in [-0.15, -0.1) is 24.0 Å². The number of aliphatic imine (C=N–C) groups is 1. The van der Waals surface area contributed by atoms with Gasteiger partial charge in [-0.3, -0.25) is 9.89 Å². The number of benzene rings is 1. The molecule has 0 spiro atoms. The lowest BCUT2D eigenvalue weighted by molar-refractivity contribution is 0.124. The Morgan fingerprint density at radius 3 is 2.22 bits per heavy atom. The van der Waals surface area contributed by atoms with E-state index in [0.29, 0.717) is 5.92 Å². The Bertz CT molecular complexity index is 679. The maximum atomic E-state index is 4.56. The van der Waals surface area contributed by atoms with Gasteiger partial charge >= 0.3 is 0 Å². The molecule has 180 valence electrons. The SMILES string of the molecule is CCN1CCN(CC(C)CNC(=NC)N2CCN(C/C=C/c3ccccc3)CC2)CC1.I. The summed E-state index contributed by atoms with van der Waals surface area (Å²) >= 11 is 0. The third-order valence-electron chi connectivity index (χ3n) is 6.45. The van der Waals surface area contributed by atoms with Crippen molar-refractivity contribution in [1.82, 2.24) is 24.9 Å². The van der Waals surface area contributed by atoms with Crippen LogP contribution in [0.5, 0.6) is 0 Å². The molecule has 2 fully saturated rings. The molecule has 0 amide bonds. The number of nitrogens with one attached hydrogen (secondary N) is 1. The first-order chi connectivity index (χ1) is 15.2. The molecule has 0 saturated carbocycles. The molecule has 0 radical (unpaired) electrons. The van der Waals surface area contributed by atoms with Crippen molar-refractivity contribution in [2.24, 2.45) is 10.9 Å². The normalized spacial score (nSPS) is 20.3. The van der Waals surface area contributed by atoms with Gasteiger partial charge in [-0.2, -0.15) is 0 Å². The summed E-state index contributed by atoms with van der Waals surface area (Å²) in [6.45, 7) is 18.0. The highest BCUT2D eigenvalue weighted by Crippen LogP contribution is 2.07. The second-order valence-corrected chi connectivity index (χ2v) is 8.87. The molecule has 0 aliphatic carbocycles. The predicted octanol–water partition coefficient (Wildman–Crippen LogP) is 2.78. The zero-order valence-corrected chi connectivity index (χ0v) is 22.6.